The van der Waals surface area contributed by atoms with Gasteiger partial charge in [0.2, 0.25) is 5.91 Å². The maximum absolute atomic E-state index is 12.6. The van der Waals surface area contributed by atoms with E-state index in [1.165, 1.54) is 4.90 Å². The average Bonchev–Trinajstić information content (AvgIpc) is 2.14. The van der Waals surface area contributed by atoms with Crippen molar-refractivity contribution in [3.63, 3.8) is 0 Å². The smallest absolute Gasteiger partial charge is 0.262 e. The van der Waals surface area contributed by atoms with Crippen LogP contribution in [0, 0.1) is 0 Å². The van der Waals surface area contributed by atoms with Gasteiger partial charge in [-0.05, 0) is 12.8 Å². The molecule has 0 bridgehead atoms. The largest absolute Gasteiger partial charge is 0.337 e. The first-order valence-electron chi connectivity index (χ1n) is 4.65. The van der Waals surface area contributed by atoms with Crippen molar-refractivity contribution in [2.45, 2.75) is 38.5 Å². The van der Waals surface area contributed by atoms with E-state index in [0.717, 1.165) is 26.2 Å². The molecule has 0 saturated carbocycles. The molecule has 4 heteroatoms. The highest BCUT2D eigenvalue weighted by molar-refractivity contribution is 5.76. The van der Waals surface area contributed by atoms with E-state index in [-0.39, 0.29) is 5.91 Å². The highest BCUT2D eigenvalue weighted by atomic mass is 19.3. The van der Waals surface area contributed by atoms with E-state index in [9.17, 15) is 13.6 Å². The van der Waals surface area contributed by atoms with Crippen LogP contribution in [0.3, 0.4) is 0 Å². The molecule has 1 aliphatic rings. The third kappa shape index (κ3) is 3.70. The average molecular weight is 191 g/mol. The second-order valence-corrected chi connectivity index (χ2v) is 3.70. The fourth-order valence-corrected chi connectivity index (χ4v) is 1.54. The van der Waals surface area contributed by atoms with E-state index >= 15 is 0 Å². The van der Waals surface area contributed by atoms with E-state index in [2.05, 4.69) is 0 Å². The molecule has 0 aromatic carbocycles. The minimum atomic E-state index is -2.76. The molecule has 1 fully saturated rings. The van der Waals surface area contributed by atoms with Gasteiger partial charge in [0.1, 0.15) is 0 Å². The number of carbonyl (C=O) groups is 1. The van der Waals surface area contributed by atoms with E-state index in [1.807, 2.05) is 0 Å². The van der Waals surface area contributed by atoms with Gasteiger partial charge in [-0.25, -0.2) is 8.78 Å². The first kappa shape index (κ1) is 10.4. The van der Waals surface area contributed by atoms with Crippen molar-refractivity contribution in [2.24, 2.45) is 0 Å². The van der Waals surface area contributed by atoms with Gasteiger partial charge in [-0.1, -0.05) is 6.42 Å². The molecule has 0 aliphatic carbocycles. The fourth-order valence-electron chi connectivity index (χ4n) is 1.54. The van der Waals surface area contributed by atoms with E-state index < -0.39 is 12.5 Å². The second kappa shape index (κ2) is 4.03. The number of rotatable bonds is 2. The Morgan fingerprint density at radius 2 is 2.08 bits per heavy atom. The van der Waals surface area contributed by atoms with Crippen molar-refractivity contribution in [3.8, 4) is 0 Å². The monoisotopic (exact) mass is 191 g/mol. The van der Waals surface area contributed by atoms with Crippen LogP contribution in [0.5, 0.6) is 0 Å². The number of halogens is 2. The first-order chi connectivity index (χ1) is 5.99. The summed E-state index contributed by atoms with van der Waals surface area (Å²) >= 11 is 0. The van der Waals surface area contributed by atoms with Crippen LogP contribution >= 0.6 is 0 Å². The van der Waals surface area contributed by atoms with E-state index in [1.54, 1.807) is 0 Å². The minimum absolute atomic E-state index is 0.126. The minimum Gasteiger partial charge on any atom is -0.337 e. The summed E-state index contributed by atoms with van der Waals surface area (Å²) in [7, 11) is 0. The molecule has 1 aliphatic heterocycles. The van der Waals surface area contributed by atoms with Gasteiger partial charge in [0, 0.05) is 19.9 Å². The highest BCUT2D eigenvalue weighted by Gasteiger charge is 2.28. The van der Waals surface area contributed by atoms with E-state index in [4.69, 9.17) is 0 Å². The van der Waals surface area contributed by atoms with Crippen LogP contribution in [0.2, 0.25) is 0 Å². The fraction of sp³-hybridized carbons (Fsp3) is 0.889. The molecule has 0 N–H and O–H groups in total. The summed E-state index contributed by atoms with van der Waals surface area (Å²) in [6, 6.07) is 0. The molecule has 1 amide bonds. The standard InChI is InChI=1S/C9H15F2NO/c1-9(10,11)7-12-6-4-2-3-5-8(12)13/h2-7H2,1H3. The maximum Gasteiger partial charge on any atom is 0.262 e. The SMILES string of the molecule is CC(F)(F)CN1CCCCCC1=O. The van der Waals surface area contributed by atoms with Gasteiger partial charge in [0.15, 0.2) is 0 Å². The third-order valence-electron chi connectivity index (χ3n) is 2.14. The van der Waals surface area contributed by atoms with Crippen LogP contribution in [-0.2, 0) is 4.79 Å². The lowest BCUT2D eigenvalue weighted by Crippen LogP contribution is -2.39. The molecule has 0 spiro atoms. The van der Waals surface area contributed by atoms with Crippen molar-refractivity contribution >= 4 is 5.91 Å². The summed E-state index contributed by atoms with van der Waals surface area (Å²) < 4.78 is 25.2. The van der Waals surface area contributed by atoms with Crippen molar-refractivity contribution in [1.82, 2.24) is 4.90 Å². The maximum atomic E-state index is 12.6. The van der Waals surface area contributed by atoms with Gasteiger partial charge in [0.25, 0.3) is 5.92 Å². The molecular weight excluding hydrogens is 176 g/mol. The number of amides is 1. The molecule has 0 radical (unpaired) electrons. The molecule has 76 valence electrons. The topological polar surface area (TPSA) is 20.3 Å². The summed E-state index contributed by atoms with van der Waals surface area (Å²) in [4.78, 5) is 12.6. The summed E-state index contributed by atoms with van der Waals surface area (Å²) in [6.07, 6.45) is 3.08. The molecule has 0 aromatic rings. The highest BCUT2D eigenvalue weighted by Crippen LogP contribution is 2.18. The van der Waals surface area contributed by atoms with Crippen LogP contribution in [0.4, 0.5) is 8.78 Å². The van der Waals surface area contributed by atoms with E-state index in [0.29, 0.717) is 13.0 Å². The Kier molecular flexibility index (Phi) is 3.22. The Labute approximate surface area is 76.9 Å². The zero-order chi connectivity index (χ0) is 9.90. The number of hydrogen-bond acceptors (Lipinski definition) is 1. The summed E-state index contributed by atoms with van der Waals surface area (Å²) in [5.74, 6) is -2.89. The molecular formula is C9H15F2NO. The van der Waals surface area contributed by atoms with Crippen molar-refractivity contribution in [1.29, 1.82) is 0 Å². The lowest BCUT2D eigenvalue weighted by atomic mass is 10.2. The number of hydrogen-bond donors (Lipinski definition) is 0. The van der Waals surface area contributed by atoms with Crippen LogP contribution in [0.15, 0.2) is 0 Å². The Hall–Kier alpha value is -0.670. The molecule has 0 atom stereocenters. The quantitative estimate of drug-likeness (QED) is 0.654. The molecule has 1 rings (SSSR count). The van der Waals surface area contributed by atoms with Crippen molar-refractivity contribution in [3.05, 3.63) is 0 Å². The Bertz CT molecular complexity index is 189. The Morgan fingerprint density at radius 3 is 2.69 bits per heavy atom. The van der Waals surface area contributed by atoms with Crippen LogP contribution in [0.1, 0.15) is 32.6 Å². The van der Waals surface area contributed by atoms with Crippen LogP contribution in [0.25, 0.3) is 0 Å². The van der Waals surface area contributed by atoms with Crippen LogP contribution < -0.4 is 0 Å². The molecule has 0 unspecified atom stereocenters. The van der Waals surface area contributed by atoms with Gasteiger partial charge in [0.05, 0.1) is 6.54 Å². The third-order valence-corrected chi connectivity index (χ3v) is 2.14. The Morgan fingerprint density at radius 1 is 1.38 bits per heavy atom. The predicted octanol–water partition coefficient (Wildman–Crippen LogP) is 2.04. The molecule has 1 saturated heterocycles. The number of likely N-dealkylation sites (tertiary alicyclic amines) is 1. The zero-order valence-corrected chi connectivity index (χ0v) is 7.85. The number of nitrogens with zero attached hydrogens (tertiary/aromatic N) is 1. The summed E-state index contributed by atoms with van der Waals surface area (Å²) in [5, 5.41) is 0. The normalized spacial score (nSPS) is 20.2. The van der Waals surface area contributed by atoms with Crippen molar-refractivity contribution < 1.29 is 13.6 Å². The predicted molar refractivity (Wildman–Crippen MR) is 45.7 cm³/mol. The molecule has 0 aromatic heterocycles. The van der Waals surface area contributed by atoms with Gasteiger partial charge in [-0.3, -0.25) is 4.79 Å². The van der Waals surface area contributed by atoms with Crippen molar-refractivity contribution in [2.75, 3.05) is 13.1 Å². The number of carbonyl (C=O) groups excluding carboxylic acids is 1. The van der Waals surface area contributed by atoms with Crippen LogP contribution in [-0.4, -0.2) is 29.8 Å². The van der Waals surface area contributed by atoms with Gasteiger partial charge in [-0.15, -0.1) is 0 Å². The zero-order valence-electron chi connectivity index (χ0n) is 7.85. The molecule has 2 nitrogen and oxygen atoms in total. The first-order valence-corrected chi connectivity index (χ1v) is 4.65. The Balaban J connectivity index is 2.50. The summed E-state index contributed by atoms with van der Waals surface area (Å²) in [5.41, 5.74) is 0. The molecule has 13 heavy (non-hydrogen) atoms. The molecule has 1 heterocycles. The lowest BCUT2D eigenvalue weighted by Gasteiger charge is -2.23. The second-order valence-electron chi connectivity index (χ2n) is 3.70. The van der Waals surface area contributed by atoms with Gasteiger partial charge >= 0.3 is 0 Å². The summed E-state index contributed by atoms with van der Waals surface area (Å²) in [6.45, 7) is 0.916. The number of alkyl halides is 2. The lowest BCUT2D eigenvalue weighted by molar-refractivity contribution is -0.135. The van der Waals surface area contributed by atoms with Gasteiger partial charge in [-0.2, -0.15) is 0 Å². The van der Waals surface area contributed by atoms with Gasteiger partial charge < -0.3 is 4.90 Å².